The smallest absolute Gasteiger partial charge is 0.233 e. The molecule has 2 aromatic carbocycles. The largest absolute Gasteiger partial charge is 0.496 e. The second-order valence-electron chi connectivity index (χ2n) is 7.04. The van der Waals surface area contributed by atoms with Crippen molar-refractivity contribution in [1.82, 2.24) is 19.7 Å². The van der Waals surface area contributed by atoms with E-state index in [4.69, 9.17) is 4.74 Å². The Morgan fingerprint density at radius 2 is 1.87 bits per heavy atom. The molecule has 0 atom stereocenters. The van der Waals surface area contributed by atoms with Crippen LogP contribution in [-0.4, -0.2) is 51.5 Å². The molecule has 0 radical (unpaired) electrons. The first kappa shape index (κ1) is 20.2. The summed E-state index contributed by atoms with van der Waals surface area (Å²) in [4.78, 5) is 14.6. The van der Waals surface area contributed by atoms with Gasteiger partial charge in [0.05, 0.1) is 18.4 Å². The van der Waals surface area contributed by atoms with Crippen molar-refractivity contribution in [3.05, 3.63) is 66.2 Å². The number of rotatable bonds is 6. The normalized spacial score (nSPS) is 13.8. The highest BCUT2D eigenvalue weighted by Gasteiger charge is 2.20. The highest BCUT2D eigenvalue weighted by Crippen LogP contribution is 2.30. The van der Waals surface area contributed by atoms with Gasteiger partial charge in [-0.3, -0.25) is 4.79 Å². The fourth-order valence-corrected chi connectivity index (χ4v) is 4.35. The van der Waals surface area contributed by atoms with Gasteiger partial charge in [-0.15, -0.1) is 10.2 Å². The third-order valence-corrected chi connectivity index (χ3v) is 6.22. The summed E-state index contributed by atoms with van der Waals surface area (Å²) in [6, 6.07) is 18.1. The van der Waals surface area contributed by atoms with Gasteiger partial charge < -0.3 is 14.2 Å². The summed E-state index contributed by atoms with van der Waals surface area (Å²) >= 11 is 1.41. The van der Waals surface area contributed by atoms with Crippen LogP contribution >= 0.6 is 11.8 Å². The van der Waals surface area contributed by atoms with Crippen LogP contribution in [0.2, 0.25) is 0 Å². The van der Waals surface area contributed by atoms with Crippen LogP contribution in [0, 0.1) is 0 Å². The minimum atomic E-state index is 0.116. The van der Waals surface area contributed by atoms with Crippen LogP contribution in [0.25, 0.3) is 17.0 Å². The molecule has 1 aliphatic heterocycles. The molecule has 0 unspecified atom stereocenters. The van der Waals surface area contributed by atoms with Gasteiger partial charge >= 0.3 is 0 Å². The van der Waals surface area contributed by atoms with Crippen LogP contribution in [0.4, 0.5) is 0 Å². The highest BCUT2D eigenvalue weighted by atomic mass is 32.2. The Labute approximate surface area is 180 Å². The first-order valence-electron chi connectivity index (χ1n) is 9.85. The zero-order chi connectivity index (χ0) is 20.9. The van der Waals surface area contributed by atoms with Crippen molar-refractivity contribution in [2.45, 2.75) is 11.6 Å². The summed E-state index contributed by atoms with van der Waals surface area (Å²) in [5.41, 5.74) is 3.42. The van der Waals surface area contributed by atoms with E-state index < -0.39 is 0 Å². The number of benzene rings is 2. The fourth-order valence-electron chi connectivity index (χ4n) is 3.53. The standard InChI is InChI=1S/C23H24N4O2S/c1-26-22(19-10-6-7-11-20(19)29-2)24-25-23(26)30-16-21(28)27-14-12-18(13-15-27)17-8-4-3-5-9-17/h3-12H,13-16H2,1-2H3. The first-order chi connectivity index (χ1) is 14.7. The lowest BCUT2D eigenvalue weighted by molar-refractivity contribution is -0.127. The van der Waals surface area contributed by atoms with Crippen LogP contribution in [0.1, 0.15) is 12.0 Å². The van der Waals surface area contributed by atoms with E-state index in [1.165, 1.54) is 22.9 Å². The van der Waals surface area contributed by atoms with Crippen LogP contribution < -0.4 is 4.74 Å². The third-order valence-electron chi connectivity index (χ3n) is 5.21. The Kier molecular flexibility index (Phi) is 6.18. The van der Waals surface area contributed by atoms with Gasteiger partial charge in [-0.05, 0) is 29.7 Å². The Morgan fingerprint density at radius 3 is 2.60 bits per heavy atom. The Balaban J connectivity index is 1.38. The minimum absolute atomic E-state index is 0.116. The average molecular weight is 421 g/mol. The fraction of sp³-hybridized carbons (Fsp3) is 0.261. The lowest BCUT2D eigenvalue weighted by atomic mass is 10.00. The monoisotopic (exact) mass is 420 g/mol. The van der Waals surface area contributed by atoms with Gasteiger partial charge in [0, 0.05) is 20.1 Å². The number of hydrogen-bond donors (Lipinski definition) is 0. The predicted octanol–water partition coefficient (Wildman–Crippen LogP) is 3.90. The second-order valence-corrected chi connectivity index (χ2v) is 7.98. The molecular weight excluding hydrogens is 396 g/mol. The number of nitrogens with zero attached hydrogens (tertiary/aromatic N) is 4. The van der Waals surface area contributed by atoms with E-state index in [-0.39, 0.29) is 5.91 Å². The van der Waals surface area contributed by atoms with Crippen molar-refractivity contribution >= 4 is 23.2 Å². The van der Waals surface area contributed by atoms with Crippen molar-refractivity contribution in [1.29, 1.82) is 0 Å². The van der Waals surface area contributed by atoms with Crippen molar-refractivity contribution < 1.29 is 9.53 Å². The molecule has 1 amide bonds. The molecular formula is C23H24N4O2S. The van der Waals surface area contributed by atoms with Crippen LogP contribution in [-0.2, 0) is 11.8 Å². The molecule has 2 heterocycles. The molecule has 0 N–H and O–H groups in total. The van der Waals surface area contributed by atoms with Crippen molar-refractivity contribution in [3.8, 4) is 17.1 Å². The summed E-state index contributed by atoms with van der Waals surface area (Å²) in [5, 5.41) is 9.29. The maximum Gasteiger partial charge on any atom is 0.233 e. The van der Waals surface area contributed by atoms with Gasteiger partial charge in [-0.25, -0.2) is 0 Å². The number of amides is 1. The van der Waals surface area contributed by atoms with Crippen molar-refractivity contribution in [2.24, 2.45) is 7.05 Å². The molecule has 0 bridgehead atoms. The Bertz CT molecular complexity index is 1060. The summed E-state index contributed by atoms with van der Waals surface area (Å²) < 4.78 is 7.33. The number of hydrogen-bond acceptors (Lipinski definition) is 5. The van der Waals surface area contributed by atoms with E-state index in [0.717, 1.165) is 30.1 Å². The third kappa shape index (κ3) is 4.26. The molecule has 1 aliphatic rings. The van der Waals surface area contributed by atoms with Gasteiger partial charge in [0.1, 0.15) is 5.75 Å². The van der Waals surface area contributed by atoms with E-state index in [0.29, 0.717) is 17.5 Å². The van der Waals surface area contributed by atoms with E-state index in [9.17, 15) is 4.79 Å². The molecule has 1 aromatic heterocycles. The number of para-hydroxylation sites is 1. The van der Waals surface area contributed by atoms with Crippen LogP contribution in [0.15, 0.2) is 65.8 Å². The zero-order valence-electron chi connectivity index (χ0n) is 17.1. The second kappa shape index (κ2) is 9.17. The van der Waals surface area contributed by atoms with Gasteiger partial charge in [0.2, 0.25) is 5.91 Å². The number of ether oxygens (including phenoxy) is 1. The maximum absolute atomic E-state index is 12.7. The maximum atomic E-state index is 12.7. The first-order valence-corrected chi connectivity index (χ1v) is 10.8. The summed E-state index contributed by atoms with van der Waals surface area (Å²) in [6.07, 6.45) is 3.03. The molecule has 30 heavy (non-hydrogen) atoms. The molecule has 0 spiro atoms. The SMILES string of the molecule is COc1ccccc1-c1nnc(SCC(=O)N2CC=C(c3ccccc3)CC2)n1C. The molecule has 0 fully saturated rings. The number of carbonyl (C=O) groups is 1. The average Bonchev–Trinajstić information content (AvgIpc) is 3.18. The van der Waals surface area contributed by atoms with Crippen LogP contribution in [0.5, 0.6) is 5.75 Å². The van der Waals surface area contributed by atoms with Crippen molar-refractivity contribution in [3.63, 3.8) is 0 Å². The minimum Gasteiger partial charge on any atom is -0.496 e. The summed E-state index contributed by atoms with van der Waals surface area (Å²) in [7, 11) is 3.55. The molecule has 4 rings (SSSR count). The molecule has 0 saturated heterocycles. The van der Waals surface area contributed by atoms with Gasteiger partial charge in [0.25, 0.3) is 0 Å². The Morgan fingerprint density at radius 1 is 1.10 bits per heavy atom. The Hall–Kier alpha value is -3.06. The van der Waals surface area contributed by atoms with Gasteiger partial charge in [-0.1, -0.05) is 60.3 Å². The number of methoxy groups -OCH3 is 1. The van der Waals surface area contributed by atoms with E-state index >= 15 is 0 Å². The molecule has 6 nitrogen and oxygen atoms in total. The van der Waals surface area contributed by atoms with E-state index in [1.807, 2.05) is 59.0 Å². The lowest BCUT2D eigenvalue weighted by Crippen LogP contribution is -2.35. The van der Waals surface area contributed by atoms with Crippen molar-refractivity contribution in [2.75, 3.05) is 26.0 Å². The molecule has 0 saturated carbocycles. The molecule has 0 aliphatic carbocycles. The molecule has 7 heteroatoms. The van der Waals surface area contributed by atoms with Gasteiger partial charge in [0.15, 0.2) is 11.0 Å². The zero-order valence-corrected chi connectivity index (χ0v) is 17.9. The molecule has 3 aromatic rings. The number of thioether (sulfide) groups is 1. The van der Waals surface area contributed by atoms with Gasteiger partial charge in [-0.2, -0.15) is 0 Å². The van der Waals surface area contributed by atoms with Crippen LogP contribution in [0.3, 0.4) is 0 Å². The molecule has 154 valence electrons. The summed E-state index contributed by atoms with van der Waals surface area (Å²) in [5.74, 6) is 1.92. The summed E-state index contributed by atoms with van der Waals surface area (Å²) in [6.45, 7) is 1.39. The number of carbonyl (C=O) groups excluding carboxylic acids is 1. The number of aromatic nitrogens is 3. The topological polar surface area (TPSA) is 60.3 Å². The highest BCUT2D eigenvalue weighted by molar-refractivity contribution is 7.99. The lowest BCUT2D eigenvalue weighted by Gasteiger charge is -2.26. The quantitative estimate of drug-likeness (QED) is 0.566. The van der Waals surface area contributed by atoms with E-state index in [2.05, 4.69) is 28.4 Å². The predicted molar refractivity (Wildman–Crippen MR) is 119 cm³/mol. The van der Waals surface area contributed by atoms with E-state index in [1.54, 1.807) is 7.11 Å².